The predicted molar refractivity (Wildman–Crippen MR) is 50.1 cm³/mol. The lowest BCUT2D eigenvalue weighted by Crippen LogP contribution is -2.21. The zero-order valence-corrected chi connectivity index (χ0v) is 7.79. The topological polar surface area (TPSA) is 44.5 Å². The van der Waals surface area contributed by atoms with Gasteiger partial charge in [-0.2, -0.15) is 0 Å². The molecular formula is C9H19NO2. The number of rotatable bonds is 8. The highest BCUT2D eigenvalue weighted by Gasteiger charge is 1.98. The fraction of sp³-hybridized carbons (Fsp3) is 0.778. The second-order valence-corrected chi connectivity index (χ2v) is 2.68. The summed E-state index contributed by atoms with van der Waals surface area (Å²) in [5.74, 6) is 0. The molecule has 0 aliphatic heterocycles. The van der Waals surface area contributed by atoms with Crippen LogP contribution < -0.4 is 5.73 Å². The third-order valence-electron chi connectivity index (χ3n) is 1.53. The fourth-order valence-corrected chi connectivity index (χ4v) is 0.811. The fourth-order valence-electron chi connectivity index (χ4n) is 0.811. The monoisotopic (exact) mass is 173 g/mol. The van der Waals surface area contributed by atoms with E-state index in [2.05, 4.69) is 6.58 Å². The molecule has 0 saturated carbocycles. The predicted octanol–water partition coefficient (Wildman–Crippen LogP) is 0.943. The van der Waals surface area contributed by atoms with Crippen LogP contribution in [0.3, 0.4) is 0 Å². The van der Waals surface area contributed by atoms with Crippen molar-refractivity contribution in [3.05, 3.63) is 12.7 Å². The van der Waals surface area contributed by atoms with Gasteiger partial charge in [0.05, 0.1) is 13.2 Å². The Bertz CT molecular complexity index is 107. The number of nitrogens with two attached hydrogens (primary N) is 1. The second kappa shape index (κ2) is 8.71. The zero-order valence-electron chi connectivity index (χ0n) is 7.79. The first-order valence-electron chi connectivity index (χ1n) is 4.24. The molecule has 0 aromatic heterocycles. The minimum absolute atomic E-state index is 0.185. The number of methoxy groups -OCH3 is 1. The summed E-state index contributed by atoms with van der Waals surface area (Å²) in [5, 5.41) is 0. The molecule has 2 N–H and O–H groups in total. The molecule has 0 amide bonds. The maximum absolute atomic E-state index is 5.72. The van der Waals surface area contributed by atoms with Crippen molar-refractivity contribution in [1.82, 2.24) is 0 Å². The molecule has 3 heteroatoms. The van der Waals surface area contributed by atoms with E-state index in [0.29, 0.717) is 19.8 Å². The molecule has 0 rings (SSSR count). The Balaban J connectivity index is 3.02. The van der Waals surface area contributed by atoms with Gasteiger partial charge in [-0.15, -0.1) is 6.58 Å². The van der Waals surface area contributed by atoms with E-state index in [-0.39, 0.29) is 6.04 Å². The molecule has 0 spiro atoms. The van der Waals surface area contributed by atoms with E-state index >= 15 is 0 Å². The van der Waals surface area contributed by atoms with Gasteiger partial charge in [-0.3, -0.25) is 0 Å². The third-order valence-corrected chi connectivity index (χ3v) is 1.53. The van der Waals surface area contributed by atoms with Crippen molar-refractivity contribution in [2.75, 3.05) is 26.9 Å². The molecule has 0 aromatic rings. The van der Waals surface area contributed by atoms with Crippen molar-refractivity contribution in [2.45, 2.75) is 18.9 Å². The highest BCUT2D eigenvalue weighted by Crippen LogP contribution is 1.95. The highest BCUT2D eigenvalue weighted by atomic mass is 16.5. The van der Waals surface area contributed by atoms with Crippen molar-refractivity contribution in [1.29, 1.82) is 0 Å². The third kappa shape index (κ3) is 7.72. The van der Waals surface area contributed by atoms with Crippen molar-refractivity contribution in [3.63, 3.8) is 0 Å². The highest BCUT2D eigenvalue weighted by molar-refractivity contribution is 4.74. The van der Waals surface area contributed by atoms with E-state index in [0.717, 1.165) is 12.8 Å². The molecule has 3 nitrogen and oxygen atoms in total. The van der Waals surface area contributed by atoms with Crippen LogP contribution in [0.2, 0.25) is 0 Å². The first-order chi connectivity index (χ1) is 5.81. The van der Waals surface area contributed by atoms with Gasteiger partial charge in [-0.1, -0.05) is 6.08 Å². The Hall–Kier alpha value is -0.380. The smallest absolute Gasteiger partial charge is 0.0700 e. The van der Waals surface area contributed by atoms with Gasteiger partial charge in [-0.25, -0.2) is 0 Å². The minimum Gasteiger partial charge on any atom is -0.382 e. The van der Waals surface area contributed by atoms with Crippen LogP contribution in [0.25, 0.3) is 0 Å². The lowest BCUT2D eigenvalue weighted by atomic mass is 10.1. The maximum atomic E-state index is 5.72. The van der Waals surface area contributed by atoms with E-state index in [4.69, 9.17) is 15.2 Å². The Labute approximate surface area is 74.5 Å². The van der Waals surface area contributed by atoms with E-state index in [9.17, 15) is 0 Å². The van der Waals surface area contributed by atoms with Crippen LogP contribution in [0.4, 0.5) is 0 Å². The molecule has 12 heavy (non-hydrogen) atoms. The standard InChI is InChI=1S/C9H19NO2/c1-3-4-9(10)5-6-12-8-7-11-2/h3,9H,1,4-8,10H2,2H3. The SMILES string of the molecule is C=CCC(N)CCOCCOC. The Morgan fingerprint density at radius 3 is 2.75 bits per heavy atom. The molecule has 0 saturated heterocycles. The van der Waals surface area contributed by atoms with Gasteiger partial charge < -0.3 is 15.2 Å². The molecule has 72 valence electrons. The second-order valence-electron chi connectivity index (χ2n) is 2.68. The molecule has 0 heterocycles. The first kappa shape index (κ1) is 11.6. The summed E-state index contributed by atoms with van der Waals surface area (Å²) in [4.78, 5) is 0. The first-order valence-corrected chi connectivity index (χ1v) is 4.24. The van der Waals surface area contributed by atoms with Crippen LogP contribution in [0.15, 0.2) is 12.7 Å². The quantitative estimate of drug-likeness (QED) is 0.439. The normalized spacial score (nSPS) is 12.8. The van der Waals surface area contributed by atoms with Gasteiger partial charge >= 0.3 is 0 Å². The molecule has 1 unspecified atom stereocenters. The van der Waals surface area contributed by atoms with Gasteiger partial charge in [-0.05, 0) is 12.8 Å². The Morgan fingerprint density at radius 2 is 2.17 bits per heavy atom. The largest absolute Gasteiger partial charge is 0.382 e. The summed E-state index contributed by atoms with van der Waals surface area (Å²) in [6, 6.07) is 0.185. The van der Waals surface area contributed by atoms with E-state index in [1.165, 1.54) is 0 Å². The summed E-state index contributed by atoms with van der Waals surface area (Å²) >= 11 is 0. The Morgan fingerprint density at radius 1 is 1.42 bits per heavy atom. The van der Waals surface area contributed by atoms with Crippen LogP contribution in [0, 0.1) is 0 Å². The van der Waals surface area contributed by atoms with Gasteiger partial charge in [0, 0.05) is 19.8 Å². The Kier molecular flexibility index (Phi) is 8.44. The molecule has 0 aliphatic carbocycles. The molecular weight excluding hydrogens is 154 g/mol. The van der Waals surface area contributed by atoms with E-state index < -0.39 is 0 Å². The van der Waals surface area contributed by atoms with Crippen molar-refractivity contribution < 1.29 is 9.47 Å². The van der Waals surface area contributed by atoms with Gasteiger partial charge in [0.15, 0.2) is 0 Å². The lowest BCUT2D eigenvalue weighted by Gasteiger charge is -2.08. The summed E-state index contributed by atoms with van der Waals surface area (Å²) in [6.45, 7) is 5.62. The minimum atomic E-state index is 0.185. The van der Waals surface area contributed by atoms with Crippen molar-refractivity contribution >= 4 is 0 Å². The van der Waals surface area contributed by atoms with Gasteiger partial charge in [0.1, 0.15) is 0 Å². The summed E-state index contributed by atoms with van der Waals surface area (Å²) < 4.78 is 10.1. The van der Waals surface area contributed by atoms with E-state index in [1.807, 2.05) is 6.08 Å². The van der Waals surface area contributed by atoms with Crippen LogP contribution in [-0.2, 0) is 9.47 Å². The van der Waals surface area contributed by atoms with Crippen molar-refractivity contribution in [2.24, 2.45) is 5.73 Å². The molecule has 0 radical (unpaired) electrons. The number of hydrogen-bond donors (Lipinski definition) is 1. The average Bonchev–Trinajstić information content (AvgIpc) is 2.05. The molecule has 1 atom stereocenters. The van der Waals surface area contributed by atoms with Crippen LogP contribution in [0.5, 0.6) is 0 Å². The maximum Gasteiger partial charge on any atom is 0.0700 e. The van der Waals surface area contributed by atoms with Crippen molar-refractivity contribution in [3.8, 4) is 0 Å². The summed E-state index contributed by atoms with van der Waals surface area (Å²) in [5.41, 5.74) is 5.72. The molecule has 0 bridgehead atoms. The zero-order chi connectivity index (χ0) is 9.23. The number of hydrogen-bond acceptors (Lipinski definition) is 3. The lowest BCUT2D eigenvalue weighted by molar-refractivity contribution is 0.0673. The van der Waals surface area contributed by atoms with Crippen LogP contribution in [-0.4, -0.2) is 33.0 Å². The van der Waals surface area contributed by atoms with Gasteiger partial charge in [0.25, 0.3) is 0 Å². The molecule has 0 aromatic carbocycles. The summed E-state index contributed by atoms with van der Waals surface area (Å²) in [6.07, 6.45) is 3.57. The molecule has 0 fully saturated rings. The van der Waals surface area contributed by atoms with Gasteiger partial charge in [0.2, 0.25) is 0 Å². The van der Waals surface area contributed by atoms with Crippen LogP contribution >= 0.6 is 0 Å². The van der Waals surface area contributed by atoms with Crippen LogP contribution in [0.1, 0.15) is 12.8 Å². The summed E-state index contributed by atoms with van der Waals surface area (Å²) in [7, 11) is 1.66. The average molecular weight is 173 g/mol. The molecule has 0 aliphatic rings. The number of ether oxygens (including phenoxy) is 2. The van der Waals surface area contributed by atoms with E-state index in [1.54, 1.807) is 7.11 Å².